The molecule has 0 bridgehead atoms. The predicted octanol–water partition coefficient (Wildman–Crippen LogP) is 3.91. The van der Waals surface area contributed by atoms with Gasteiger partial charge in [0.2, 0.25) is 0 Å². The molecule has 128 valence electrons. The number of hydrazone groups is 1. The van der Waals surface area contributed by atoms with E-state index in [9.17, 15) is 9.90 Å². The van der Waals surface area contributed by atoms with Gasteiger partial charge in [0.1, 0.15) is 5.75 Å². The van der Waals surface area contributed by atoms with Crippen LogP contribution in [0.2, 0.25) is 0 Å². The zero-order chi connectivity index (χ0) is 18.2. The third-order valence-electron chi connectivity index (χ3n) is 3.56. The Balaban J connectivity index is 1.57. The van der Waals surface area contributed by atoms with Gasteiger partial charge in [-0.15, -0.1) is 0 Å². The summed E-state index contributed by atoms with van der Waals surface area (Å²) in [6.07, 6.45) is 3.36. The molecule has 0 atom stereocenters. The summed E-state index contributed by atoms with van der Waals surface area (Å²) in [7, 11) is 0. The SMILES string of the molecule is O=C(NN=Cc1ccc(C=Nc2ccccc2)cc1)c1ccc(O)cc1. The molecule has 3 aromatic carbocycles. The molecule has 0 heterocycles. The predicted molar refractivity (Wildman–Crippen MR) is 103 cm³/mol. The maximum atomic E-state index is 11.9. The number of nitrogens with one attached hydrogen (secondary N) is 1. The van der Waals surface area contributed by atoms with E-state index < -0.39 is 0 Å². The van der Waals surface area contributed by atoms with Crippen molar-refractivity contribution in [1.29, 1.82) is 0 Å². The Labute approximate surface area is 151 Å². The lowest BCUT2D eigenvalue weighted by atomic mass is 10.1. The molecule has 26 heavy (non-hydrogen) atoms. The van der Waals surface area contributed by atoms with Gasteiger partial charge in [0.25, 0.3) is 5.91 Å². The van der Waals surface area contributed by atoms with Crippen molar-refractivity contribution in [1.82, 2.24) is 5.43 Å². The smallest absolute Gasteiger partial charge is 0.271 e. The first-order chi connectivity index (χ1) is 12.7. The Kier molecular flexibility index (Phi) is 5.52. The van der Waals surface area contributed by atoms with Crippen molar-refractivity contribution in [2.75, 3.05) is 0 Å². The summed E-state index contributed by atoms with van der Waals surface area (Å²) in [5.41, 5.74) is 5.60. The van der Waals surface area contributed by atoms with Crippen molar-refractivity contribution < 1.29 is 9.90 Å². The molecule has 3 aromatic rings. The zero-order valence-corrected chi connectivity index (χ0v) is 13.9. The monoisotopic (exact) mass is 343 g/mol. The quantitative estimate of drug-likeness (QED) is 0.544. The van der Waals surface area contributed by atoms with Crippen LogP contribution in [-0.4, -0.2) is 23.4 Å². The van der Waals surface area contributed by atoms with Crippen LogP contribution in [0.15, 0.2) is 89.0 Å². The fourth-order valence-corrected chi connectivity index (χ4v) is 2.17. The van der Waals surface area contributed by atoms with Crippen LogP contribution in [0.5, 0.6) is 5.75 Å². The van der Waals surface area contributed by atoms with E-state index in [2.05, 4.69) is 15.5 Å². The third kappa shape index (κ3) is 4.88. The van der Waals surface area contributed by atoms with Gasteiger partial charge in [-0.1, -0.05) is 42.5 Å². The number of aromatic hydroxyl groups is 1. The Morgan fingerprint density at radius 2 is 1.42 bits per heavy atom. The number of benzene rings is 3. The summed E-state index contributed by atoms with van der Waals surface area (Å²) in [6, 6.07) is 23.3. The molecule has 0 spiro atoms. The van der Waals surface area contributed by atoms with Gasteiger partial charge in [-0.2, -0.15) is 5.10 Å². The van der Waals surface area contributed by atoms with E-state index in [1.54, 1.807) is 12.4 Å². The highest BCUT2D eigenvalue weighted by Gasteiger charge is 2.03. The highest BCUT2D eigenvalue weighted by Crippen LogP contribution is 2.10. The molecule has 1 amide bonds. The van der Waals surface area contributed by atoms with Gasteiger partial charge in [-0.25, -0.2) is 5.43 Å². The number of hydrogen-bond donors (Lipinski definition) is 2. The standard InChI is InChI=1S/C21H17N3O2/c25-20-12-10-18(11-13-20)21(26)24-23-15-17-8-6-16(7-9-17)14-22-19-4-2-1-3-5-19/h1-15,25H,(H,24,26). The molecular formula is C21H17N3O2. The Hall–Kier alpha value is -3.73. The number of amides is 1. The second-order valence-electron chi connectivity index (χ2n) is 5.51. The maximum absolute atomic E-state index is 11.9. The van der Waals surface area contributed by atoms with E-state index in [0.29, 0.717) is 5.56 Å². The number of phenols is 1. The lowest BCUT2D eigenvalue weighted by molar-refractivity contribution is 0.0955. The van der Waals surface area contributed by atoms with Gasteiger partial charge < -0.3 is 5.11 Å². The molecular weight excluding hydrogens is 326 g/mol. The normalized spacial score (nSPS) is 11.1. The molecule has 2 N–H and O–H groups in total. The van der Waals surface area contributed by atoms with E-state index in [1.807, 2.05) is 54.6 Å². The van der Waals surface area contributed by atoms with Gasteiger partial charge in [-0.05, 0) is 47.5 Å². The maximum Gasteiger partial charge on any atom is 0.271 e. The number of rotatable bonds is 5. The molecule has 0 aliphatic heterocycles. The molecule has 0 aliphatic carbocycles. The fraction of sp³-hybridized carbons (Fsp3) is 0. The minimum Gasteiger partial charge on any atom is -0.508 e. The lowest BCUT2D eigenvalue weighted by Gasteiger charge is -2.00. The van der Waals surface area contributed by atoms with Crippen LogP contribution < -0.4 is 5.43 Å². The highest BCUT2D eigenvalue weighted by molar-refractivity contribution is 5.95. The Morgan fingerprint density at radius 3 is 2.08 bits per heavy atom. The average molecular weight is 343 g/mol. The first-order valence-corrected chi connectivity index (χ1v) is 8.02. The van der Waals surface area contributed by atoms with Crippen LogP contribution in [0, 0.1) is 0 Å². The van der Waals surface area contributed by atoms with Crippen molar-refractivity contribution >= 4 is 24.0 Å². The largest absolute Gasteiger partial charge is 0.508 e. The van der Waals surface area contributed by atoms with Crippen LogP contribution in [0.25, 0.3) is 0 Å². The summed E-state index contributed by atoms with van der Waals surface area (Å²) in [5.74, 6) is -0.228. The number of hydrogen-bond acceptors (Lipinski definition) is 4. The summed E-state index contributed by atoms with van der Waals surface area (Å²) >= 11 is 0. The summed E-state index contributed by atoms with van der Waals surface area (Å²) < 4.78 is 0. The first kappa shape index (κ1) is 17.1. The zero-order valence-electron chi connectivity index (χ0n) is 13.9. The first-order valence-electron chi connectivity index (χ1n) is 8.02. The van der Waals surface area contributed by atoms with E-state index in [1.165, 1.54) is 24.3 Å². The van der Waals surface area contributed by atoms with Gasteiger partial charge in [0.05, 0.1) is 11.9 Å². The number of phenolic OH excluding ortho intramolecular Hbond substituents is 1. The fourth-order valence-electron chi connectivity index (χ4n) is 2.17. The van der Waals surface area contributed by atoms with Crippen LogP contribution in [0.3, 0.4) is 0 Å². The van der Waals surface area contributed by atoms with Crippen molar-refractivity contribution in [2.24, 2.45) is 10.1 Å². The Morgan fingerprint density at radius 1 is 0.808 bits per heavy atom. The number of para-hydroxylation sites is 1. The molecule has 0 saturated carbocycles. The number of carbonyl (C=O) groups is 1. The van der Waals surface area contributed by atoms with Gasteiger partial charge in [-0.3, -0.25) is 9.79 Å². The average Bonchev–Trinajstić information content (AvgIpc) is 2.68. The van der Waals surface area contributed by atoms with Crippen LogP contribution in [0.4, 0.5) is 5.69 Å². The van der Waals surface area contributed by atoms with Crippen molar-refractivity contribution in [3.05, 3.63) is 95.6 Å². The number of aliphatic imine (C=N–C) groups is 1. The van der Waals surface area contributed by atoms with Crippen molar-refractivity contribution in [3.63, 3.8) is 0 Å². The van der Waals surface area contributed by atoms with Gasteiger partial charge in [0.15, 0.2) is 0 Å². The number of carbonyl (C=O) groups excluding carboxylic acids is 1. The topological polar surface area (TPSA) is 74.0 Å². The van der Waals surface area contributed by atoms with E-state index >= 15 is 0 Å². The molecule has 0 aliphatic rings. The van der Waals surface area contributed by atoms with E-state index in [0.717, 1.165) is 16.8 Å². The Bertz CT molecular complexity index is 916. The molecule has 0 saturated heterocycles. The van der Waals surface area contributed by atoms with Crippen LogP contribution >= 0.6 is 0 Å². The summed E-state index contributed by atoms with van der Waals surface area (Å²) in [6.45, 7) is 0. The summed E-state index contributed by atoms with van der Waals surface area (Å²) in [4.78, 5) is 16.3. The van der Waals surface area contributed by atoms with Crippen molar-refractivity contribution in [2.45, 2.75) is 0 Å². The second-order valence-corrected chi connectivity index (χ2v) is 5.51. The molecule has 0 aromatic heterocycles. The molecule has 0 unspecified atom stereocenters. The molecule has 0 fully saturated rings. The highest BCUT2D eigenvalue weighted by atomic mass is 16.3. The molecule has 0 radical (unpaired) electrons. The van der Waals surface area contributed by atoms with Crippen LogP contribution in [-0.2, 0) is 0 Å². The van der Waals surface area contributed by atoms with Gasteiger partial charge >= 0.3 is 0 Å². The third-order valence-corrected chi connectivity index (χ3v) is 3.56. The summed E-state index contributed by atoms with van der Waals surface area (Å²) in [5, 5.41) is 13.2. The second kappa shape index (κ2) is 8.39. The number of nitrogens with zero attached hydrogens (tertiary/aromatic N) is 2. The minimum absolute atomic E-state index is 0.112. The molecule has 3 rings (SSSR count). The lowest BCUT2D eigenvalue weighted by Crippen LogP contribution is -2.17. The molecule has 5 nitrogen and oxygen atoms in total. The van der Waals surface area contributed by atoms with Crippen LogP contribution in [0.1, 0.15) is 21.5 Å². The van der Waals surface area contributed by atoms with E-state index in [4.69, 9.17) is 0 Å². The molecule has 5 heteroatoms. The van der Waals surface area contributed by atoms with Gasteiger partial charge in [0, 0.05) is 11.8 Å². The van der Waals surface area contributed by atoms with E-state index in [-0.39, 0.29) is 11.7 Å². The van der Waals surface area contributed by atoms with Crippen molar-refractivity contribution in [3.8, 4) is 5.75 Å². The minimum atomic E-state index is -0.340.